The smallest absolute Gasteiger partial charge is 0.153 e. The predicted molar refractivity (Wildman–Crippen MR) is 95.4 cm³/mol. The Morgan fingerprint density at radius 1 is 1.27 bits per heavy atom. The zero-order valence-corrected chi connectivity index (χ0v) is 14.9. The number of carbonyl (C=O) groups is 2. The number of carbonyl (C=O) groups excluding carboxylic acids is 2. The van der Waals surface area contributed by atoms with E-state index < -0.39 is 11.0 Å². The molecule has 3 fully saturated rings. The van der Waals surface area contributed by atoms with Crippen LogP contribution in [0, 0.1) is 5.92 Å². The van der Waals surface area contributed by atoms with Gasteiger partial charge in [-0.3, -0.25) is 14.5 Å². The fourth-order valence-electron chi connectivity index (χ4n) is 5.96. The first-order chi connectivity index (χ1) is 12.5. The quantitative estimate of drug-likeness (QED) is 0.811. The van der Waals surface area contributed by atoms with Crippen LogP contribution in [0.25, 0.3) is 0 Å². The van der Waals surface area contributed by atoms with E-state index in [-0.39, 0.29) is 29.6 Å². The average molecular weight is 355 g/mol. The first kappa shape index (κ1) is 16.5. The largest absolute Gasteiger partial charge is 0.507 e. The monoisotopic (exact) mass is 355 g/mol. The molecule has 0 spiro atoms. The summed E-state index contributed by atoms with van der Waals surface area (Å²) in [4.78, 5) is 26.2. The molecule has 1 heterocycles. The molecular formula is C21H25NO4. The first-order valence-electron chi connectivity index (χ1n) is 9.77. The van der Waals surface area contributed by atoms with Crippen molar-refractivity contribution < 1.29 is 19.8 Å². The Kier molecular flexibility index (Phi) is 3.41. The second kappa shape index (κ2) is 5.40. The summed E-state index contributed by atoms with van der Waals surface area (Å²) < 4.78 is 0. The number of piperidine rings is 1. The number of likely N-dealkylation sites (tertiary alicyclic amines) is 1. The van der Waals surface area contributed by atoms with Gasteiger partial charge in [0.2, 0.25) is 0 Å². The van der Waals surface area contributed by atoms with Crippen LogP contribution in [0.1, 0.15) is 60.0 Å². The highest BCUT2D eigenvalue weighted by molar-refractivity contribution is 5.85. The minimum atomic E-state index is -1.01. The SMILES string of the molecule is O=Cc1ccc2c(c1O)[C@]13CCN(CC4CC4)[C@H](C2)[C@]1(O)CCC(=O)C3. The normalized spacial score (nSPS) is 36.3. The number of phenolic OH excluding ortho intramolecular Hbond substituents is 1. The van der Waals surface area contributed by atoms with Crippen molar-refractivity contribution in [1.82, 2.24) is 4.90 Å². The maximum Gasteiger partial charge on any atom is 0.153 e. The van der Waals surface area contributed by atoms with Gasteiger partial charge in [0, 0.05) is 36.4 Å². The molecule has 0 unspecified atom stereocenters. The highest BCUT2D eigenvalue weighted by Crippen LogP contribution is 2.59. The Balaban J connectivity index is 1.69. The summed E-state index contributed by atoms with van der Waals surface area (Å²) in [7, 11) is 0. The van der Waals surface area contributed by atoms with Crippen molar-refractivity contribution in [3.63, 3.8) is 0 Å². The van der Waals surface area contributed by atoms with Crippen molar-refractivity contribution >= 4 is 12.1 Å². The average Bonchev–Trinajstić information content (AvgIpc) is 3.42. The van der Waals surface area contributed by atoms with E-state index in [2.05, 4.69) is 4.90 Å². The molecule has 3 aliphatic carbocycles. The lowest BCUT2D eigenvalue weighted by Gasteiger charge is -2.63. The van der Waals surface area contributed by atoms with E-state index >= 15 is 0 Å². The number of aliphatic hydroxyl groups is 1. The number of hydrogen-bond acceptors (Lipinski definition) is 5. The van der Waals surface area contributed by atoms with Crippen molar-refractivity contribution in [2.75, 3.05) is 13.1 Å². The molecule has 1 aromatic carbocycles. The molecule has 0 radical (unpaired) electrons. The molecule has 2 bridgehead atoms. The van der Waals surface area contributed by atoms with Gasteiger partial charge in [0.15, 0.2) is 6.29 Å². The van der Waals surface area contributed by atoms with Crippen LogP contribution >= 0.6 is 0 Å². The van der Waals surface area contributed by atoms with Gasteiger partial charge in [0.05, 0.1) is 11.2 Å². The molecule has 4 aliphatic rings. The number of Topliss-reactive ketones (excluding diaryl/α,β-unsaturated/α-hetero) is 1. The number of phenols is 1. The van der Waals surface area contributed by atoms with E-state index in [1.54, 1.807) is 6.07 Å². The number of aromatic hydroxyl groups is 1. The summed E-state index contributed by atoms with van der Waals surface area (Å²) in [5.74, 6) is 0.858. The van der Waals surface area contributed by atoms with Crippen LogP contribution in [0.3, 0.4) is 0 Å². The van der Waals surface area contributed by atoms with Gasteiger partial charge in [-0.1, -0.05) is 6.07 Å². The van der Waals surface area contributed by atoms with Crippen LogP contribution in [-0.4, -0.2) is 51.9 Å². The summed E-state index contributed by atoms with van der Waals surface area (Å²) in [6, 6.07) is 3.56. The lowest BCUT2D eigenvalue weighted by molar-refractivity contribution is -0.173. The Bertz CT molecular complexity index is 801. The second-order valence-corrected chi connectivity index (χ2v) is 8.79. The van der Waals surface area contributed by atoms with Crippen LogP contribution in [0.4, 0.5) is 0 Å². The Morgan fingerprint density at radius 3 is 2.81 bits per heavy atom. The fourth-order valence-corrected chi connectivity index (χ4v) is 5.96. The fraction of sp³-hybridized carbons (Fsp3) is 0.619. The molecule has 5 nitrogen and oxygen atoms in total. The second-order valence-electron chi connectivity index (χ2n) is 8.79. The molecule has 2 N–H and O–H groups in total. The zero-order valence-electron chi connectivity index (χ0n) is 14.9. The molecule has 5 rings (SSSR count). The van der Waals surface area contributed by atoms with Crippen LogP contribution in [0.2, 0.25) is 0 Å². The predicted octanol–water partition coefficient (Wildman–Crippen LogP) is 1.97. The Labute approximate surface area is 153 Å². The van der Waals surface area contributed by atoms with Crippen LogP contribution in [0.15, 0.2) is 12.1 Å². The lowest BCUT2D eigenvalue weighted by Crippen LogP contribution is -2.73. The summed E-state index contributed by atoms with van der Waals surface area (Å²) in [6.07, 6.45) is 5.63. The molecule has 1 aliphatic heterocycles. The van der Waals surface area contributed by atoms with E-state index in [1.807, 2.05) is 6.07 Å². The number of hydrogen-bond donors (Lipinski definition) is 2. The number of ketones is 1. The van der Waals surface area contributed by atoms with E-state index in [0.717, 1.165) is 24.6 Å². The zero-order chi connectivity index (χ0) is 18.1. The highest BCUT2D eigenvalue weighted by Gasteiger charge is 2.65. The Hall–Kier alpha value is -1.72. The van der Waals surface area contributed by atoms with Gasteiger partial charge in [0.1, 0.15) is 11.5 Å². The minimum Gasteiger partial charge on any atom is -0.507 e. The van der Waals surface area contributed by atoms with E-state index in [9.17, 15) is 19.8 Å². The third kappa shape index (κ3) is 2.04. The lowest BCUT2D eigenvalue weighted by atomic mass is 9.49. The molecule has 26 heavy (non-hydrogen) atoms. The van der Waals surface area contributed by atoms with E-state index in [1.165, 1.54) is 12.8 Å². The van der Waals surface area contributed by atoms with Crippen molar-refractivity contribution in [2.45, 2.75) is 62.0 Å². The van der Waals surface area contributed by atoms with Gasteiger partial charge in [-0.25, -0.2) is 0 Å². The number of benzene rings is 1. The highest BCUT2D eigenvalue weighted by atomic mass is 16.3. The van der Waals surface area contributed by atoms with Gasteiger partial charge in [-0.15, -0.1) is 0 Å². The third-order valence-corrected chi connectivity index (χ3v) is 7.43. The van der Waals surface area contributed by atoms with Gasteiger partial charge < -0.3 is 10.2 Å². The maximum absolute atomic E-state index is 12.4. The molecule has 2 saturated carbocycles. The van der Waals surface area contributed by atoms with Gasteiger partial charge in [-0.2, -0.15) is 0 Å². The minimum absolute atomic E-state index is 0.0149. The van der Waals surface area contributed by atoms with Crippen LogP contribution < -0.4 is 0 Å². The summed E-state index contributed by atoms with van der Waals surface area (Å²) in [6.45, 7) is 1.85. The first-order valence-corrected chi connectivity index (χ1v) is 9.77. The number of rotatable bonds is 3. The van der Waals surface area contributed by atoms with E-state index in [0.29, 0.717) is 37.5 Å². The van der Waals surface area contributed by atoms with Gasteiger partial charge in [0.25, 0.3) is 0 Å². The standard InChI is InChI=1S/C21H25NO4/c23-12-15-4-3-14-9-17-21(26)6-5-16(24)10-20(21,18(14)19(15)25)7-8-22(17)11-13-1-2-13/h3-4,12-13,17,25-26H,1-2,5-11H2/t17-,20-,21-/m1/s1. The molecule has 1 saturated heterocycles. The molecule has 138 valence electrons. The van der Waals surface area contributed by atoms with Gasteiger partial charge in [-0.05, 0) is 56.2 Å². The van der Waals surface area contributed by atoms with Gasteiger partial charge >= 0.3 is 0 Å². The molecule has 1 aromatic rings. The maximum atomic E-state index is 12.4. The molecular weight excluding hydrogens is 330 g/mol. The van der Waals surface area contributed by atoms with Crippen LogP contribution in [-0.2, 0) is 16.6 Å². The van der Waals surface area contributed by atoms with Crippen molar-refractivity contribution in [1.29, 1.82) is 0 Å². The summed E-state index contributed by atoms with van der Waals surface area (Å²) in [5.41, 5.74) is 0.124. The molecule has 5 heteroatoms. The molecule has 0 amide bonds. The number of fused-ring (bicyclic) bond motifs is 1. The van der Waals surface area contributed by atoms with E-state index in [4.69, 9.17) is 0 Å². The van der Waals surface area contributed by atoms with Crippen LogP contribution in [0.5, 0.6) is 5.75 Å². The van der Waals surface area contributed by atoms with Crippen molar-refractivity contribution in [3.8, 4) is 5.75 Å². The third-order valence-electron chi connectivity index (χ3n) is 7.43. The molecule has 3 atom stereocenters. The Morgan fingerprint density at radius 2 is 2.08 bits per heavy atom. The topological polar surface area (TPSA) is 77.8 Å². The number of nitrogens with zero attached hydrogens (tertiary/aromatic N) is 1. The summed E-state index contributed by atoms with van der Waals surface area (Å²) >= 11 is 0. The summed E-state index contributed by atoms with van der Waals surface area (Å²) in [5, 5.41) is 22.8. The van der Waals surface area contributed by atoms with Crippen molar-refractivity contribution in [3.05, 3.63) is 28.8 Å². The number of aldehydes is 1. The van der Waals surface area contributed by atoms with Crippen molar-refractivity contribution in [2.24, 2.45) is 5.92 Å². The molecule has 0 aromatic heterocycles.